The first-order chi connectivity index (χ1) is 27.3. The molecule has 9 nitrogen and oxygen atoms in total. The lowest BCUT2D eigenvalue weighted by atomic mass is 10.00. The quantitative estimate of drug-likeness (QED) is 0.136. The van der Waals surface area contributed by atoms with E-state index in [0.29, 0.717) is 0 Å². The van der Waals surface area contributed by atoms with Crippen molar-refractivity contribution < 1.29 is 14.3 Å². The van der Waals surface area contributed by atoms with E-state index >= 15 is 0 Å². The van der Waals surface area contributed by atoms with Gasteiger partial charge in [-0.2, -0.15) is 0 Å². The Kier molecular flexibility index (Phi) is 16.8. The monoisotopic (exact) mass is 838 g/mol. The van der Waals surface area contributed by atoms with Crippen molar-refractivity contribution in [2.75, 3.05) is 64.2 Å². The average Bonchev–Trinajstić information content (AvgIpc) is 3.44. The minimum atomic E-state index is -0.251. The lowest BCUT2D eigenvalue weighted by Crippen LogP contribution is -2.24. The number of anilines is 4. The van der Waals surface area contributed by atoms with Crippen molar-refractivity contribution in [2.24, 2.45) is 9.98 Å². The predicted molar refractivity (Wildman–Crippen MR) is 243 cm³/mol. The Bertz CT molecular complexity index is 2180. The Labute approximate surface area is 357 Å². The van der Waals surface area contributed by atoms with Crippen LogP contribution in [0, 0.1) is 11.6 Å². The largest absolute Gasteiger partial charge is 0.412 e. The number of halogens is 4. The number of hydrogen-bond acceptors (Lipinski definition) is 8. The second-order valence-electron chi connectivity index (χ2n) is 14.3. The molecule has 2 aliphatic heterocycles. The zero-order valence-corrected chi connectivity index (χ0v) is 35.2. The Balaban J connectivity index is 0.000000248. The van der Waals surface area contributed by atoms with Gasteiger partial charge in [0.05, 0.1) is 22.8 Å². The number of rotatable bonds is 10. The fourth-order valence-corrected chi connectivity index (χ4v) is 6.97. The third-order valence-corrected chi connectivity index (χ3v) is 9.62. The van der Waals surface area contributed by atoms with Crippen LogP contribution in [0.3, 0.4) is 0 Å². The number of aromatic nitrogens is 2. The standard InChI is InChI=1S/2C23H23FN4.2ClH.H2O/c2*1-27(2)15-6-16-28-21-9-4-3-7-19(21)22(17-10-12-18(24)13-11-17)26-20-8-5-14-25-23(20)28;;;/h2*3-5,7-14H,6,15-16H2,1-2H3;2*1H;1H2. The summed E-state index contributed by atoms with van der Waals surface area (Å²) >= 11 is 0. The summed E-state index contributed by atoms with van der Waals surface area (Å²) < 4.78 is 26.9. The average molecular weight is 840 g/mol. The Hall–Kier alpha value is -5.56. The highest BCUT2D eigenvalue weighted by Crippen LogP contribution is 2.40. The third kappa shape index (κ3) is 10.9. The highest BCUT2D eigenvalue weighted by atomic mass is 35.5. The van der Waals surface area contributed by atoms with Crippen molar-refractivity contribution >= 4 is 70.6 Å². The molecule has 0 spiro atoms. The first-order valence-corrected chi connectivity index (χ1v) is 18.9. The van der Waals surface area contributed by atoms with E-state index in [4.69, 9.17) is 9.98 Å². The van der Waals surface area contributed by atoms with Crippen molar-refractivity contribution in [1.29, 1.82) is 0 Å². The molecule has 2 N–H and O–H groups in total. The summed E-state index contributed by atoms with van der Waals surface area (Å²) in [4.78, 5) is 28.1. The van der Waals surface area contributed by atoms with Crippen molar-refractivity contribution in [2.45, 2.75) is 12.8 Å². The Morgan fingerprint density at radius 1 is 0.492 bits per heavy atom. The van der Waals surface area contributed by atoms with E-state index in [0.717, 1.165) is 107 Å². The number of hydrogen-bond donors (Lipinski definition) is 0. The molecule has 2 aromatic heterocycles. The molecule has 0 aliphatic carbocycles. The van der Waals surface area contributed by atoms with Crippen LogP contribution in [0.5, 0.6) is 0 Å². The van der Waals surface area contributed by atoms with Crippen molar-refractivity contribution in [3.63, 3.8) is 0 Å². The molecule has 2 aliphatic rings. The molecule has 308 valence electrons. The zero-order valence-electron chi connectivity index (χ0n) is 33.6. The molecule has 4 aromatic carbocycles. The second-order valence-corrected chi connectivity index (χ2v) is 14.3. The van der Waals surface area contributed by atoms with Gasteiger partial charge in [0.1, 0.15) is 23.0 Å². The van der Waals surface area contributed by atoms with Crippen LogP contribution < -0.4 is 9.80 Å². The number of benzene rings is 4. The molecule has 0 saturated heterocycles. The Morgan fingerprint density at radius 3 is 1.24 bits per heavy atom. The molecular formula is C46H50Cl2F2N8O. The van der Waals surface area contributed by atoms with Gasteiger partial charge in [-0.1, -0.05) is 36.4 Å². The van der Waals surface area contributed by atoms with Crippen LogP contribution in [0.15, 0.2) is 144 Å². The summed E-state index contributed by atoms with van der Waals surface area (Å²) in [6, 6.07) is 37.2. The zero-order chi connectivity index (χ0) is 39.0. The third-order valence-electron chi connectivity index (χ3n) is 9.62. The lowest BCUT2D eigenvalue weighted by Gasteiger charge is -2.26. The molecule has 0 bridgehead atoms. The van der Waals surface area contributed by atoms with E-state index in [1.807, 2.05) is 48.5 Å². The van der Waals surface area contributed by atoms with Gasteiger partial charge in [-0.25, -0.2) is 28.7 Å². The van der Waals surface area contributed by atoms with Gasteiger partial charge in [0.2, 0.25) is 0 Å². The van der Waals surface area contributed by atoms with Gasteiger partial charge in [0.15, 0.2) is 11.6 Å². The van der Waals surface area contributed by atoms with E-state index in [1.54, 1.807) is 36.7 Å². The van der Waals surface area contributed by atoms with E-state index in [-0.39, 0.29) is 41.9 Å². The molecule has 0 saturated carbocycles. The van der Waals surface area contributed by atoms with Crippen LogP contribution in [0.1, 0.15) is 35.1 Å². The minimum Gasteiger partial charge on any atom is -0.412 e. The first kappa shape index (κ1) is 46.1. The number of para-hydroxylation sites is 2. The van der Waals surface area contributed by atoms with Gasteiger partial charge >= 0.3 is 0 Å². The lowest BCUT2D eigenvalue weighted by molar-refractivity contribution is 0.402. The molecule has 0 amide bonds. The molecule has 8 rings (SSSR count). The summed E-state index contributed by atoms with van der Waals surface area (Å²) in [6.07, 6.45) is 5.62. The maximum absolute atomic E-state index is 13.5. The van der Waals surface area contributed by atoms with Crippen LogP contribution in [-0.2, 0) is 0 Å². The summed E-state index contributed by atoms with van der Waals surface area (Å²) in [6.45, 7) is 3.66. The second kappa shape index (κ2) is 21.4. The van der Waals surface area contributed by atoms with Crippen LogP contribution in [-0.4, -0.2) is 91.0 Å². The maximum Gasteiger partial charge on any atom is 0.159 e. The molecule has 4 heterocycles. The molecule has 0 fully saturated rings. The van der Waals surface area contributed by atoms with Gasteiger partial charge in [-0.3, -0.25) is 0 Å². The minimum absolute atomic E-state index is 0. The van der Waals surface area contributed by atoms with Gasteiger partial charge < -0.3 is 25.1 Å². The summed E-state index contributed by atoms with van der Waals surface area (Å²) in [5.41, 5.74) is 9.28. The SMILES string of the molecule is CN(C)CCCN1c2ccccc2C(c2ccc(F)cc2)=Nc2cccnc21.CN(C)CCCN1c2ccccc2C(c2ccc(F)cc2)=Nc2cccnc21.Cl.Cl.O. The molecule has 0 atom stereocenters. The van der Waals surface area contributed by atoms with Crippen molar-refractivity contribution in [1.82, 2.24) is 19.8 Å². The highest BCUT2D eigenvalue weighted by molar-refractivity contribution is 6.19. The highest BCUT2D eigenvalue weighted by Gasteiger charge is 2.26. The van der Waals surface area contributed by atoms with Gasteiger partial charge in [-0.05, 0) is 139 Å². The summed E-state index contributed by atoms with van der Waals surface area (Å²) in [5.74, 6) is 1.20. The first-order valence-electron chi connectivity index (χ1n) is 18.9. The molecule has 13 heteroatoms. The molecule has 6 aromatic rings. The summed E-state index contributed by atoms with van der Waals surface area (Å²) in [5, 5.41) is 0. The van der Waals surface area contributed by atoms with Crippen LogP contribution in [0.25, 0.3) is 0 Å². The Morgan fingerprint density at radius 2 is 0.864 bits per heavy atom. The predicted octanol–water partition coefficient (Wildman–Crippen LogP) is 9.60. The van der Waals surface area contributed by atoms with E-state index in [2.05, 4.69) is 82.0 Å². The number of fused-ring (bicyclic) bond motifs is 4. The van der Waals surface area contributed by atoms with Crippen molar-refractivity contribution in [3.8, 4) is 0 Å². The van der Waals surface area contributed by atoms with Crippen molar-refractivity contribution in [3.05, 3.63) is 168 Å². The molecule has 59 heavy (non-hydrogen) atoms. The number of pyridine rings is 2. The smallest absolute Gasteiger partial charge is 0.159 e. The molecule has 0 unspecified atom stereocenters. The van der Waals surface area contributed by atoms with Crippen LogP contribution >= 0.6 is 24.8 Å². The van der Waals surface area contributed by atoms with E-state index in [9.17, 15) is 8.78 Å². The van der Waals surface area contributed by atoms with Gasteiger partial charge in [0, 0.05) is 47.7 Å². The van der Waals surface area contributed by atoms with E-state index in [1.165, 1.54) is 24.3 Å². The number of nitrogens with zero attached hydrogens (tertiary/aromatic N) is 8. The normalized spacial score (nSPS) is 12.3. The van der Waals surface area contributed by atoms with E-state index < -0.39 is 0 Å². The van der Waals surface area contributed by atoms with Crippen LogP contribution in [0.2, 0.25) is 0 Å². The fraction of sp³-hybridized carbons (Fsp3) is 0.217. The molecular weight excluding hydrogens is 789 g/mol. The molecule has 0 radical (unpaired) electrons. The fourth-order valence-electron chi connectivity index (χ4n) is 6.97. The van der Waals surface area contributed by atoms with Gasteiger partial charge in [-0.15, -0.1) is 24.8 Å². The number of aliphatic imine (C=N–C) groups is 2. The van der Waals surface area contributed by atoms with Crippen LogP contribution in [0.4, 0.5) is 43.2 Å². The maximum atomic E-state index is 13.5. The van der Waals surface area contributed by atoms with Gasteiger partial charge in [0.25, 0.3) is 0 Å². The topological polar surface area (TPSA) is 95.0 Å². The summed E-state index contributed by atoms with van der Waals surface area (Å²) in [7, 11) is 8.33.